The van der Waals surface area contributed by atoms with Crippen molar-refractivity contribution >= 4 is 28.1 Å². The van der Waals surface area contributed by atoms with Gasteiger partial charge in [0, 0.05) is 14.6 Å². The molecule has 0 aliphatic heterocycles. The van der Waals surface area contributed by atoms with Gasteiger partial charge in [-0.3, -0.25) is 4.21 Å². The Morgan fingerprint density at radius 3 is 2.55 bits per heavy atom. The van der Waals surface area contributed by atoms with Crippen LogP contribution in [0.5, 0.6) is 0 Å². The molecule has 1 aromatic carbocycles. The van der Waals surface area contributed by atoms with Gasteiger partial charge in [-0.15, -0.1) is 11.3 Å². The number of aromatic carboxylic acids is 1. The molecule has 0 fully saturated rings. The highest BCUT2D eigenvalue weighted by atomic mass is 32.2. The maximum atomic E-state index is 12.3. The average Bonchev–Trinajstić information content (AvgIpc) is 2.86. The van der Waals surface area contributed by atoms with Gasteiger partial charge in [-0.1, -0.05) is 13.0 Å². The first-order chi connectivity index (χ1) is 9.51. The van der Waals surface area contributed by atoms with Crippen LogP contribution in [0.3, 0.4) is 0 Å². The van der Waals surface area contributed by atoms with Crippen LogP contribution in [-0.2, 0) is 23.0 Å². The Morgan fingerprint density at radius 2 is 1.95 bits per heavy atom. The van der Waals surface area contributed by atoms with Gasteiger partial charge >= 0.3 is 5.97 Å². The van der Waals surface area contributed by atoms with E-state index in [4.69, 9.17) is 5.11 Å². The van der Waals surface area contributed by atoms with Crippen molar-refractivity contribution in [2.75, 3.05) is 0 Å². The van der Waals surface area contributed by atoms with Gasteiger partial charge in [0.2, 0.25) is 0 Å². The molecular weight excluding hydrogens is 292 g/mol. The zero-order valence-corrected chi connectivity index (χ0v) is 13.0. The maximum absolute atomic E-state index is 12.3. The van der Waals surface area contributed by atoms with Crippen molar-refractivity contribution in [1.82, 2.24) is 0 Å². The van der Waals surface area contributed by atoms with E-state index in [9.17, 15) is 9.00 Å². The minimum Gasteiger partial charge on any atom is -0.478 e. The number of hydrogen-bond acceptors (Lipinski definition) is 3. The molecular formula is C15H16O3S2. The van der Waals surface area contributed by atoms with Crippen LogP contribution in [0.1, 0.15) is 32.6 Å². The highest BCUT2D eigenvalue weighted by molar-refractivity contribution is 7.84. The summed E-state index contributed by atoms with van der Waals surface area (Å²) in [7, 11) is -1.21. The Morgan fingerprint density at radius 1 is 1.25 bits per heavy atom. The van der Waals surface area contributed by atoms with Gasteiger partial charge in [0.25, 0.3) is 0 Å². The standard InChI is InChI=1S/C15H16O3S2/c1-3-11-5-6-12(19-11)9-20(18)13-7-4-10(2)14(8-13)15(16)17/h4-8H,3,9H2,1-2H3,(H,16,17). The minimum atomic E-state index is -1.21. The van der Waals surface area contributed by atoms with Crippen molar-refractivity contribution in [3.05, 3.63) is 51.2 Å². The molecule has 0 saturated carbocycles. The van der Waals surface area contributed by atoms with E-state index in [1.807, 2.05) is 6.07 Å². The van der Waals surface area contributed by atoms with E-state index in [0.29, 0.717) is 16.2 Å². The van der Waals surface area contributed by atoms with Crippen LogP contribution in [0.25, 0.3) is 0 Å². The van der Waals surface area contributed by atoms with E-state index < -0.39 is 16.8 Å². The van der Waals surface area contributed by atoms with E-state index in [1.54, 1.807) is 30.4 Å². The van der Waals surface area contributed by atoms with Crippen molar-refractivity contribution in [1.29, 1.82) is 0 Å². The van der Waals surface area contributed by atoms with Crippen molar-refractivity contribution in [2.24, 2.45) is 0 Å². The number of carbonyl (C=O) groups is 1. The highest BCUT2D eigenvalue weighted by Crippen LogP contribution is 2.22. The van der Waals surface area contributed by atoms with Gasteiger partial charge in [0.1, 0.15) is 0 Å². The molecule has 0 radical (unpaired) electrons. The Kier molecular flexibility index (Phi) is 4.73. The van der Waals surface area contributed by atoms with Crippen LogP contribution in [0, 0.1) is 6.92 Å². The van der Waals surface area contributed by atoms with Crippen LogP contribution < -0.4 is 0 Å². The molecule has 106 valence electrons. The van der Waals surface area contributed by atoms with Gasteiger partial charge in [0.15, 0.2) is 0 Å². The fraction of sp³-hybridized carbons (Fsp3) is 0.267. The SMILES string of the molecule is CCc1ccc(CS(=O)c2ccc(C)c(C(=O)O)c2)s1. The summed E-state index contributed by atoms with van der Waals surface area (Å²) in [5.74, 6) is -0.544. The first-order valence-electron chi connectivity index (χ1n) is 6.31. The summed E-state index contributed by atoms with van der Waals surface area (Å²) in [6.45, 7) is 3.83. The molecule has 0 bridgehead atoms. The summed E-state index contributed by atoms with van der Waals surface area (Å²) < 4.78 is 12.3. The number of carboxylic acids is 1. The van der Waals surface area contributed by atoms with Crippen LogP contribution >= 0.6 is 11.3 Å². The third-order valence-corrected chi connectivity index (χ3v) is 5.81. The monoisotopic (exact) mass is 308 g/mol. The molecule has 1 unspecified atom stereocenters. The second-order valence-electron chi connectivity index (χ2n) is 4.49. The molecule has 0 saturated heterocycles. The molecule has 2 rings (SSSR count). The van der Waals surface area contributed by atoms with Crippen molar-refractivity contribution < 1.29 is 14.1 Å². The summed E-state index contributed by atoms with van der Waals surface area (Å²) in [5, 5.41) is 9.10. The molecule has 5 heteroatoms. The molecule has 1 aromatic heterocycles. The molecule has 0 aliphatic carbocycles. The molecule has 0 amide bonds. The van der Waals surface area contributed by atoms with Crippen LogP contribution in [0.2, 0.25) is 0 Å². The number of hydrogen-bond donors (Lipinski definition) is 1. The number of carboxylic acid groups (broad SMARTS) is 1. The van der Waals surface area contributed by atoms with Gasteiger partial charge in [-0.05, 0) is 43.2 Å². The van der Waals surface area contributed by atoms with Gasteiger partial charge in [-0.25, -0.2) is 4.79 Å². The minimum absolute atomic E-state index is 0.219. The summed E-state index contributed by atoms with van der Waals surface area (Å²) in [4.78, 5) is 14.0. The van der Waals surface area contributed by atoms with Gasteiger partial charge in [0.05, 0.1) is 22.1 Å². The number of benzene rings is 1. The maximum Gasteiger partial charge on any atom is 0.335 e. The summed E-state index contributed by atoms with van der Waals surface area (Å²) >= 11 is 1.66. The van der Waals surface area contributed by atoms with Gasteiger partial charge in [-0.2, -0.15) is 0 Å². The van der Waals surface area contributed by atoms with Crippen molar-refractivity contribution in [3.8, 4) is 0 Å². The Balaban J connectivity index is 2.21. The fourth-order valence-electron chi connectivity index (χ4n) is 1.88. The lowest BCUT2D eigenvalue weighted by Crippen LogP contribution is -2.02. The van der Waals surface area contributed by atoms with Crippen molar-refractivity contribution in [2.45, 2.75) is 30.9 Å². The van der Waals surface area contributed by atoms with E-state index >= 15 is 0 Å². The smallest absolute Gasteiger partial charge is 0.335 e. The third kappa shape index (κ3) is 3.35. The first-order valence-corrected chi connectivity index (χ1v) is 8.44. The highest BCUT2D eigenvalue weighted by Gasteiger charge is 2.12. The summed E-state index contributed by atoms with van der Waals surface area (Å²) in [6, 6.07) is 9.01. The normalized spacial score (nSPS) is 12.3. The zero-order chi connectivity index (χ0) is 14.7. The van der Waals surface area contributed by atoms with E-state index in [2.05, 4.69) is 13.0 Å². The summed E-state index contributed by atoms with van der Waals surface area (Å²) in [6.07, 6.45) is 0.977. The average molecular weight is 308 g/mol. The van der Waals surface area contributed by atoms with E-state index in [0.717, 1.165) is 11.3 Å². The number of thiophene rings is 1. The lowest BCUT2D eigenvalue weighted by molar-refractivity contribution is 0.0696. The van der Waals surface area contributed by atoms with Crippen molar-refractivity contribution in [3.63, 3.8) is 0 Å². The second-order valence-corrected chi connectivity index (χ2v) is 7.20. The second kappa shape index (κ2) is 6.33. The number of rotatable bonds is 5. The molecule has 2 aromatic rings. The largest absolute Gasteiger partial charge is 0.478 e. The quantitative estimate of drug-likeness (QED) is 0.917. The lowest BCUT2D eigenvalue weighted by Gasteiger charge is -2.05. The third-order valence-electron chi connectivity index (χ3n) is 3.04. The molecule has 3 nitrogen and oxygen atoms in total. The van der Waals surface area contributed by atoms with E-state index in [-0.39, 0.29) is 5.56 Å². The predicted octanol–water partition coefficient (Wildman–Crippen LogP) is 3.62. The molecule has 0 spiro atoms. The molecule has 1 atom stereocenters. The van der Waals surface area contributed by atoms with E-state index in [1.165, 1.54) is 10.9 Å². The Bertz CT molecular complexity index is 659. The Labute approximate surface area is 124 Å². The summed E-state index contributed by atoms with van der Waals surface area (Å²) in [5.41, 5.74) is 0.902. The fourth-order valence-corrected chi connectivity index (χ4v) is 4.18. The molecule has 1 N–H and O–H groups in total. The first kappa shape index (κ1) is 14.9. The van der Waals surface area contributed by atoms with Crippen LogP contribution in [-0.4, -0.2) is 15.3 Å². The lowest BCUT2D eigenvalue weighted by atomic mass is 10.1. The van der Waals surface area contributed by atoms with Crippen LogP contribution in [0.15, 0.2) is 35.2 Å². The predicted molar refractivity (Wildman–Crippen MR) is 81.9 cm³/mol. The van der Waals surface area contributed by atoms with Crippen LogP contribution in [0.4, 0.5) is 0 Å². The zero-order valence-electron chi connectivity index (χ0n) is 11.4. The topological polar surface area (TPSA) is 54.4 Å². The number of aryl methyl sites for hydroxylation is 2. The molecule has 1 heterocycles. The van der Waals surface area contributed by atoms with Gasteiger partial charge < -0.3 is 5.11 Å². The molecule has 20 heavy (non-hydrogen) atoms. The Hall–Kier alpha value is -1.46. The molecule has 0 aliphatic rings.